The Balaban J connectivity index is 1.66. The van der Waals surface area contributed by atoms with Crippen molar-refractivity contribution >= 4 is 23.2 Å². The van der Waals surface area contributed by atoms with Gasteiger partial charge in [-0.25, -0.2) is 4.39 Å². The largest absolute Gasteiger partial charge is 0.350 e. The average molecular weight is 379 g/mol. The zero-order chi connectivity index (χ0) is 18.6. The highest BCUT2D eigenvalue weighted by atomic mass is 32.1. The highest BCUT2D eigenvalue weighted by Gasteiger charge is 2.19. The van der Waals surface area contributed by atoms with Gasteiger partial charge < -0.3 is 5.32 Å². The number of nitrogens with zero attached hydrogens (tertiary/aromatic N) is 4. The van der Waals surface area contributed by atoms with Gasteiger partial charge in [-0.15, -0.1) is 5.10 Å². The minimum Gasteiger partial charge on any atom is -0.350 e. The van der Waals surface area contributed by atoms with E-state index in [9.17, 15) is 9.18 Å². The van der Waals surface area contributed by atoms with Gasteiger partial charge in [0, 0.05) is 29.9 Å². The van der Waals surface area contributed by atoms with Crippen LogP contribution in [0.4, 0.5) is 10.3 Å². The monoisotopic (exact) mass is 379 g/mol. The average Bonchev–Trinajstić information content (AvgIpc) is 3.38. The molecule has 0 spiro atoms. The Hall–Kier alpha value is -3.39. The van der Waals surface area contributed by atoms with E-state index in [1.165, 1.54) is 28.2 Å². The van der Waals surface area contributed by atoms with Gasteiger partial charge in [0.2, 0.25) is 5.95 Å². The Morgan fingerprint density at radius 3 is 2.59 bits per heavy atom. The number of nitrogens with one attached hydrogen (secondary N) is 1. The normalized spacial score (nSPS) is 10.7. The fraction of sp³-hybridized carbons (Fsp3) is 0.0526. The number of carbonyl (C=O) groups is 1. The summed E-state index contributed by atoms with van der Waals surface area (Å²) in [7, 11) is 0. The van der Waals surface area contributed by atoms with Crippen LogP contribution in [0.2, 0.25) is 0 Å². The highest BCUT2D eigenvalue weighted by molar-refractivity contribution is 7.08. The molecule has 3 heterocycles. The quantitative estimate of drug-likeness (QED) is 0.570. The zero-order valence-electron chi connectivity index (χ0n) is 14.0. The fourth-order valence-corrected chi connectivity index (χ4v) is 3.11. The van der Waals surface area contributed by atoms with Crippen LogP contribution in [0.1, 0.15) is 15.9 Å². The van der Waals surface area contributed by atoms with E-state index in [1.807, 2.05) is 5.38 Å². The first-order valence-electron chi connectivity index (χ1n) is 8.13. The molecular weight excluding hydrogens is 365 g/mol. The number of halogens is 1. The van der Waals surface area contributed by atoms with Crippen molar-refractivity contribution in [3.05, 3.63) is 82.6 Å². The van der Waals surface area contributed by atoms with Gasteiger partial charge >= 0.3 is 0 Å². The molecule has 27 heavy (non-hydrogen) atoms. The molecule has 6 nitrogen and oxygen atoms in total. The lowest BCUT2D eigenvalue weighted by molar-refractivity contribution is 0.0948. The molecule has 0 radical (unpaired) electrons. The van der Waals surface area contributed by atoms with E-state index >= 15 is 0 Å². The summed E-state index contributed by atoms with van der Waals surface area (Å²) < 4.78 is 14.3. The third-order valence-corrected chi connectivity index (χ3v) is 4.55. The molecule has 0 bridgehead atoms. The number of anilines is 1. The van der Waals surface area contributed by atoms with E-state index in [0.29, 0.717) is 23.9 Å². The first kappa shape index (κ1) is 17.0. The SMILES string of the molecule is O=C(c1ccsc1)n1nc(-c2ccncc2)nc1NCc1ccc(F)cc1. The molecule has 0 aliphatic rings. The molecule has 0 saturated heterocycles. The van der Waals surface area contributed by atoms with Gasteiger partial charge in [0.25, 0.3) is 5.91 Å². The number of rotatable bonds is 5. The van der Waals surface area contributed by atoms with Crippen LogP contribution in [-0.2, 0) is 6.54 Å². The van der Waals surface area contributed by atoms with Gasteiger partial charge in [-0.1, -0.05) is 12.1 Å². The first-order valence-corrected chi connectivity index (χ1v) is 9.07. The second-order valence-corrected chi connectivity index (χ2v) is 6.48. The molecule has 0 fully saturated rings. The van der Waals surface area contributed by atoms with Crippen molar-refractivity contribution in [1.29, 1.82) is 0 Å². The Morgan fingerprint density at radius 1 is 1.11 bits per heavy atom. The minimum atomic E-state index is -0.297. The van der Waals surface area contributed by atoms with Gasteiger partial charge in [0.1, 0.15) is 5.82 Å². The Bertz CT molecular complexity index is 1050. The Morgan fingerprint density at radius 2 is 1.89 bits per heavy atom. The highest BCUT2D eigenvalue weighted by Crippen LogP contribution is 2.19. The predicted molar refractivity (Wildman–Crippen MR) is 101 cm³/mol. The number of aromatic nitrogens is 4. The second-order valence-electron chi connectivity index (χ2n) is 5.70. The van der Waals surface area contributed by atoms with Gasteiger partial charge in [0.15, 0.2) is 5.82 Å². The molecule has 0 aliphatic heterocycles. The van der Waals surface area contributed by atoms with Gasteiger partial charge in [-0.05, 0) is 41.3 Å². The van der Waals surface area contributed by atoms with E-state index < -0.39 is 0 Å². The number of pyridine rings is 1. The number of hydrogen-bond acceptors (Lipinski definition) is 6. The molecule has 0 unspecified atom stereocenters. The minimum absolute atomic E-state index is 0.273. The molecule has 1 N–H and O–H groups in total. The summed E-state index contributed by atoms with van der Waals surface area (Å²) in [6.07, 6.45) is 3.28. The number of benzene rings is 1. The van der Waals surface area contributed by atoms with Crippen molar-refractivity contribution in [2.45, 2.75) is 6.54 Å². The summed E-state index contributed by atoms with van der Waals surface area (Å²) >= 11 is 1.44. The van der Waals surface area contributed by atoms with Crippen molar-refractivity contribution in [3.8, 4) is 11.4 Å². The third-order valence-electron chi connectivity index (χ3n) is 3.87. The van der Waals surface area contributed by atoms with Gasteiger partial charge in [0.05, 0.1) is 5.56 Å². The van der Waals surface area contributed by atoms with Crippen molar-refractivity contribution in [2.75, 3.05) is 5.32 Å². The standard InChI is InChI=1S/C19H14FN5OS/c20-16-3-1-13(2-4-16)11-22-19-23-17(14-5-8-21-9-6-14)24-25(19)18(26)15-7-10-27-12-15/h1-10,12H,11H2,(H,22,23,24). The van der Waals surface area contributed by atoms with Crippen LogP contribution in [-0.4, -0.2) is 25.7 Å². The maximum Gasteiger partial charge on any atom is 0.282 e. The summed E-state index contributed by atoms with van der Waals surface area (Å²) in [5.74, 6) is 0.171. The predicted octanol–water partition coefficient (Wildman–Crippen LogP) is 3.84. The number of hydrogen-bond donors (Lipinski definition) is 1. The maximum absolute atomic E-state index is 13.1. The maximum atomic E-state index is 13.1. The van der Waals surface area contributed by atoms with Crippen LogP contribution < -0.4 is 5.32 Å². The molecule has 0 amide bonds. The van der Waals surface area contributed by atoms with Crippen molar-refractivity contribution in [3.63, 3.8) is 0 Å². The van der Waals surface area contributed by atoms with Crippen molar-refractivity contribution in [1.82, 2.24) is 19.7 Å². The number of carbonyl (C=O) groups excluding carboxylic acids is 1. The summed E-state index contributed by atoms with van der Waals surface area (Å²) in [5.41, 5.74) is 2.15. The van der Waals surface area contributed by atoms with E-state index in [0.717, 1.165) is 11.1 Å². The molecule has 0 aliphatic carbocycles. The van der Waals surface area contributed by atoms with Crippen molar-refractivity contribution in [2.24, 2.45) is 0 Å². The van der Waals surface area contributed by atoms with Gasteiger partial charge in [-0.3, -0.25) is 9.78 Å². The van der Waals surface area contributed by atoms with Crippen LogP contribution in [0.25, 0.3) is 11.4 Å². The van der Waals surface area contributed by atoms with Crippen LogP contribution in [0.3, 0.4) is 0 Å². The lowest BCUT2D eigenvalue weighted by Crippen LogP contribution is -2.17. The molecule has 4 aromatic rings. The molecule has 1 aromatic carbocycles. The van der Waals surface area contributed by atoms with Crippen LogP contribution in [0.15, 0.2) is 65.6 Å². The second kappa shape index (κ2) is 7.46. The summed E-state index contributed by atoms with van der Waals surface area (Å²) in [6, 6.07) is 11.4. The van der Waals surface area contributed by atoms with E-state index in [4.69, 9.17) is 0 Å². The van der Waals surface area contributed by atoms with Crippen LogP contribution in [0.5, 0.6) is 0 Å². The molecule has 3 aromatic heterocycles. The topological polar surface area (TPSA) is 72.7 Å². The van der Waals surface area contributed by atoms with Crippen molar-refractivity contribution < 1.29 is 9.18 Å². The molecule has 4 rings (SSSR count). The van der Waals surface area contributed by atoms with Crippen LogP contribution >= 0.6 is 11.3 Å². The Labute approximate surface area is 158 Å². The molecular formula is C19H14FN5OS. The number of thiophene rings is 1. The van der Waals surface area contributed by atoms with E-state index in [1.54, 1.807) is 48.1 Å². The van der Waals surface area contributed by atoms with Gasteiger partial charge in [-0.2, -0.15) is 21.0 Å². The fourth-order valence-electron chi connectivity index (χ4n) is 2.48. The molecule has 0 saturated carbocycles. The lowest BCUT2D eigenvalue weighted by Gasteiger charge is -2.06. The summed E-state index contributed by atoms with van der Waals surface area (Å²) in [6.45, 7) is 0.381. The first-order chi connectivity index (χ1) is 13.2. The zero-order valence-corrected chi connectivity index (χ0v) is 14.9. The molecule has 134 valence electrons. The molecule has 8 heteroatoms. The lowest BCUT2D eigenvalue weighted by atomic mass is 10.2. The smallest absolute Gasteiger partial charge is 0.282 e. The van der Waals surface area contributed by atoms with E-state index in [-0.39, 0.29) is 11.7 Å². The Kier molecular flexibility index (Phi) is 4.71. The van der Waals surface area contributed by atoms with Crippen LogP contribution in [0, 0.1) is 5.82 Å². The summed E-state index contributed by atoms with van der Waals surface area (Å²) in [4.78, 5) is 21.2. The molecule has 0 atom stereocenters. The third kappa shape index (κ3) is 3.75. The summed E-state index contributed by atoms with van der Waals surface area (Å²) in [5, 5.41) is 11.1. The van der Waals surface area contributed by atoms with E-state index in [2.05, 4.69) is 20.4 Å².